The molecule has 8 heteroatoms. The van der Waals surface area contributed by atoms with Crippen molar-refractivity contribution in [3.63, 3.8) is 0 Å². The van der Waals surface area contributed by atoms with E-state index in [0.717, 1.165) is 11.3 Å². The second-order valence-electron chi connectivity index (χ2n) is 5.86. The largest absolute Gasteiger partial charge is 0.496 e. The van der Waals surface area contributed by atoms with Gasteiger partial charge in [0.05, 0.1) is 14.2 Å². The number of para-hydroxylation sites is 1. The summed E-state index contributed by atoms with van der Waals surface area (Å²) < 4.78 is 12.0. The Bertz CT molecular complexity index is 1060. The van der Waals surface area contributed by atoms with Crippen molar-refractivity contribution in [1.29, 1.82) is 0 Å². The number of hydrogen-bond acceptors (Lipinski definition) is 5. The molecule has 144 valence electrons. The number of carbonyl (C=O) groups excluding carboxylic acids is 2. The first-order valence-corrected chi connectivity index (χ1v) is 8.85. The van der Waals surface area contributed by atoms with Crippen LogP contribution in [0.4, 0.5) is 0 Å². The van der Waals surface area contributed by atoms with Crippen LogP contribution in [0.25, 0.3) is 5.69 Å². The van der Waals surface area contributed by atoms with Crippen LogP contribution in [0.5, 0.6) is 5.75 Å². The first-order chi connectivity index (χ1) is 13.5. The molecule has 0 atom stereocenters. The number of nitrogens with one attached hydrogen (secondary N) is 2. The van der Waals surface area contributed by atoms with Gasteiger partial charge in [-0.25, -0.2) is 4.79 Å². The minimum Gasteiger partial charge on any atom is -0.496 e. The molecule has 2 N–H and O–H groups in total. The number of amides is 1. The third-order valence-corrected chi connectivity index (χ3v) is 4.45. The monoisotopic (exact) mass is 397 g/mol. The van der Waals surface area contributed by atoms with Gasteiger partial charge in [0.25, 0.3) is 5.91 Å². The van der Waals surface area contributed by atoms with Crippen molar-refractivity contribution < 1.29 is 19.1 Å². The zero-order valence-corrected chi connectivity index (χ0v) is 16.2. The van der Waals surface area contributed by atoms with Crippen LogP contribution in [0.1, 0.15) is 26.4 Å². The molecule has 3 aromatic rings. The third-order valence-electron chi connectivity index (χ3n) is 4.15. The van der Waals surface area contributed by atoms with Crippen LogP contribution < -0.4 is 10.1 Å². The maximum absolute atomic E-state index is 12.7. The lowest BCUT2D eigenvalue weighted by atomic mass is 10.1. The number of aromatic nitrogens is 2. The van der Waals surface area contributed by atoms with Crippen molar-refractivity contribution >= 4 is 24.1 Å². The molecule has 0 radical (unpaired) electrons. The van der Waals surface area contributed by atoms with Crippen molar-refractivity contribution in [2.24, 2.45) is 0 Å². The van der Waals surface area contributed by atoms with E-state index in [9.17, 15) is 9.59 Å². The average molecular weight is 397 g/mol. The van der Waals surface area contributed by atoms with Gasteiger partial charge in [0.2, 0.25) is 0 Å². The van der Waals surface area contributed by atoms with E-state index >= 15 is 0 Å². The number of nitrogens with zero attached hydrogens (tertiary/aromatic N) is 1. The topological polar surface area (TPSA) is 85.4 Å². The van der Waals surface area contributed by atoms with E-state index in [-0.39, 0.29) is 12.5 Å². The average Bonchev–Trinajstić information content (AvgIpc) is 3.13. The molecule has 0 aliphatic heterocycles. The molecule has 1 heterocycles. The number of hydrogen-bond donors (Lipinski definition) is 2. The molecule has 3 rings (SSSR count). The highest BCUT2D eigenvalue weighted by Crippen LogP contribution is 2.21. The standard InChI is InChI=1S/C20H19N3O4S/c1-26-17-9-8-13(10-15(17)19(25)27-2)11-21-18(24)16-12-22-20(28)23(16)14-6-4-3-5-7-14/h3-10,12H,11H2,1-2H3,(H,21,24)(H,22,28). The fraction of sp³-hybridized carbons (Fsp3) is 0.150. The van der Waals surface area contributed by atoms with Gasteiger partial charge in [-0.3, -0.25) is 9.36 Å². The summed E-state index contributed by atoms with van der Waals surface area (Å²) in [4.78, 5) is 27.5. The highest BCUT2D eigenvalue weighted by Gasteiger charge is 2.16. The van der Waals surface area contributed by atoms with E-state index in [4.69, 9.17) is 21.7 Å². The van der Waals surface area contributed by atoms with Gasteiger partial charge in [0.15, 0.2) is 4.77 Å². The van der Waals surface area contributed by atoms with E-state index in [1.165, 1.54) is 14.2 Å². The quantitative estimate of drug-likeness (QED) is 0.493. The highest BCUT2D eigenvalue weighted by atomic mass is 32.1. The molecule has 0 aliphatic rings. The number of ether oxygens (including phenoxy) is 2. The normalized spacial score (nSPS) is 10.4. The fourth-order valence-corrected chi connectivity index (χ4v) is 3.04. The SMILES string of the molecule is COC(=O)c1cc(CNC(=O)c2c[nH]c(=S)n2-c2ccccc2)ccc1OC. The molecular weight excluding hydrogens is 378 g/mol. The predicted octanol–water partition coefficient (Wildman–Crippen LogP) is 3.26. The molecule has 7 nitrogen and oxygen atoms in total. The number of benzene rings is 2. The second-order valence-corrected chi connectivity index (χ2v) is 6.25. The van der Waals surface area contributed by atoms with Crippen LogP contribution in [0.3, 0.4) is 0 Å². The number of aromatic amines is 1. The van der Waals surface area contributed by atoms with Crippen LogP contribution in [0.2, 0.25) is 0 Å². The third kappa shape index (κ3) is 3.96. The fourth-order valence-electron chi connectivity index (χ4n) is 2.78. The van der Waals surface area contributed by atoms with Gasteiger partial charge in [0.1, 0.15) is 17.0 Å². The van der Waals surface area contributed by atoms with Gasteiger partial charge in [0, 0.05) is 18.4 Å². The zero-order chi connectivity index (χ0) is 20.1. The first kappa shape index (κ1) is 19.4. The summed E-state index contributed by atoms with van der Waals surface area (Å²) in [7, 11) is 2.78. The number of carbonyl (C=O) groups is 2. The number of imidazole rings is 1. The number of rotatable bonds is 6. The van der Waals surface area contributed by atoms with E-state index in [0.29, 0.717) is 21.8 Å². The Hall–Kier alpha value is -3.39. The molecule has 28 heavy (non-hydrogen) atoms. The summed E-state index contributed by atoms with van der Waals surface area (Å²) in [5.74, 6) is -0.398. The van der Waals surface area contributed by atoms with Gasteiger partial charge < -0.3 is 19.8 Å². The number of esters is 1. The maximum Gasteiger partial charge on any atom is 0.341 e. The van der Waals surface area contributed by atoms with Crippen molar-refractivity contribution in [2.45, 2.75) is 6.54 Å². The Labute approximate surface area is 166 Å². The van der Waals surface area contributed by atoms with Crippen molar-refractivity contribution in [3.8, 4) is 11.4 Å². The molecule has 0 fully saturated rings. The predicted molar refractivity (Wildman–Crippen MR) is 106 cm³/mol. The molecule has 0 aliphatic carbocycles. The van der Waals surface area contributed by atoms with Gasteiger partial charge in [-0.2, -0.15) is 0 Å². The lowest BCUT2D eigenvalue weighted by Gasteiger charge is -2.11. The van der Waals surface area contributed by atoms with Crippen LogP contribution in [0, 0.1) is 4.77 Å². The van der Waals surface area contributed by atoms with Crippen LogP contribution >= 0.6 is 12.2 Å². The molecule has 0 spiro atoms. The summed E-state index contributed by atoms with van der Waals surface area (Å²) in [6.07, 6.45) is 1.57. The molecule has 1 amide bonds. The molecule has 2 aromatic carbocycles. The Morgan fingerprint density at radius 1 is 1.14 bits per heavy atom. The molecule has 0 unspecified atom stereocenters. The minimum atomic E-state index is -0.506. The number of H-pyrrole nitrogens is 1. The molecule has 0 saturated carbocycles. The second kappa shape index (κ2) is 8.53. The van der Waals surface area contributed by atoms with Gasteiger partial charge in [-0.15, -0.1) is 0 Å². The highest BCUT2D eigenvalue weighted by molar-refractivity contribution is 7.71. The van der Waals surface area contributed by atoms with E-state index < -0.39 is 5.97 Å². The molecule has 1 aromatic heterocycles. The van der Waals surface area contributed by atoms with Gasteiger partial charge in [-0.05, 0) is 42.0 Å². The molecule has 0 bridgehead atoms. The van der Waals surface area contributed by atoms with Gasteiger partial charge >= 0.3 is 5.97 Å². The first-order valence-electron chi connectivity index (χ1n) is 8.44. The van der Waals surface area contributed by atoms with Crippen LogP contribution in [0.15, 0.2) is 54.7 Å². The smallest absolute Gasteiger partial charge is 0.341 e. The zero-order valence-electron chi connectivity index (χ0n) is 15.4. The van der Waals surface area contributed by atoms with E-state index in [1.807, 2.05) is 30.3 Å². The van der Waals surface area contributed by atoms with Crippen LogP contribution in [-0.2, 0) is 11.3 Å². The summed E-state index contributed by atoms with van der Waals surface area (Å²) in [5.41, 5.74) is 2.20. The Morgan fingerprint density at radius 3 is 2.57 bits per heavy atom. The summed E-state index contributed by atoms with van der Waals surface area (Å²) in [6, 6.07) is 14.4. The van der Waals surface area contributed by atoms with E-state index in [1.54, 1.807) is 29.0 Å². The lowest BCUT2D eigenvalue weighted by Crippen LogP contribution is -2.25. The van der Waals surface area contributed by atoms with Crippen molar-refractivity contribution in [2.75, 3.05) is 14.2 Å². The summed E-state index contributed by atoms with van der Waals surface area (Å²) in [6.45, 7) is 0.222. The minimum absolute atomic E-state index is 0.222. The number of methoxy groups -OCH3 is 2. The van der Waals surface area contributed by atoms with Crippen LogP contribution in [-0.4, -0.2) is 35.6 Å². The van der Waals surface area contributed by atoms with Crippen molar-refractivity contribution in [3.05, 3.63) is 76.3 Å². The lowest BCUT2D eigenvalue weighted by molar-refractivity contribution is 0.0597. The molecule has 0 saturated heterocycles. The maximum atomic E-state index is 12.7. The Kier molecular flexibility index (Phi) is 5.90. The van der Waals surface area contributed by atoms with E-state index in [2.05, 4.69) is 10.3 Å². The summed E-state index contributed by atoms with van der Waals surface area (Å²) >= 11 is 5.30. The Morgan fingerprint density at radius 2 is 1.89 bits per heavy atom. The van der Waals surface area contributed by atoms with Crippen molar-refractivity contribution in [1.82, 2.24) is 14.9 Å². The van der Waals surface area contributed by atoms with Gasteiger partial charge in [-0.1, -0.05) is 24.3 Å². The molecular formula is C20H19N3O4S. The Balaban J connectivity index is 1.81. The summed E-state index contributed by atoms with van der Waals surface area (Å²) in [5, 5.41) is 2.84.